The summed E-state index contributed by atoms with van der Waals surface area (Å²) in [5.74, 6) is -0.318. The standard InChI is InChI=1S/C15H13FN4/c16-13-9-5-4-8-12(13)15-14(10-17)18-19-20(15)11-6-2-1-3-7-11/h1-9H,10,17H2. The molecule has 0 radical (unpaired) electrons. The van der Waals surface area contributed by atoms with Gasteiger partial charge in [0.25, 0.3) is 0 Å². The predicted molar refractivity (Wildman–Crippen MR) is 74.6 cm³/mol. The maximum atomic E-state index is 14.1. The summed E-state index contributed by atoms with van der Waals surface area (Å²) in [5, 5.41) is 8.14. The number of aromatic nitrogens is 3. The molecule has 5 heteroatoms. The first-order valence-electron chi connectivity index (χ1n) is 6.26. The first-order valence-corrected chi connectivity index (χ1v) is 6.26. The van der Waals surface area contributed by atoms with Crippen LogP contribution in [0, 0.1) is 5.82 Å². The van der Waals surface area contributed by atoms with E-state index in [0.29, 0.717) is 17.0 Å². The van der Waals surface area contributed by atoms with Crippen LogP contribution >= 0.6 is 0 Å². The van der Waals surface area contributed by atoms with Crippen molar-refractivity contribution in [3.8, 4) is 16.9 Å². The van der Waals surface area contributed by atoms with E-state index in [1.54, 1.807) is 22.9 Å². The number of halogens is 1. The third-order valence-electron chi connectivity index (χ3n) is 3.06. The van der Waals surface area contributed by atoms with Gasteiger partial charge in [0.2, 0.25) is 0 Å². The van der Waals surface area contributed by atoms with Crippen molar-refractivity contribution >= 4 is 0 Å². The van der Waals surface area contributed by atoms with Crippen molar-refractivity contribution in [2.45, 2.75) is 6.54 Å². The van der Waals surface area contributed by atoms with Gasteiger partial charge in [-0.1, -0.05) is 35.5 Å². The average molecular weight is 268 g/mol. The van der Waals surface area contributed by atoms with E-state index in [2.05, 4.69) is 10.3 Å². The molecule has 0 amide bonds. The second-order valence-corrected chi connectivity index (χ2v) is 4.32. The Balaban J connectivity index is 2.24. The summed E-state index contributed by atoms with van der Waals surface area (Å²) in [6.07, 6.45) is 0. The Bertz CT molecular complexity index is 722. The van der Waals surface area contributed by atoms with Crippen LogP contribution in [0.4, 0.5) is 4.39 Å². The van der Waals surface area contributed by atoms with Crippen LogP contribution in [-0.4, -0.2) is 15.0 Å². The summed E-state index contributed by atoms with van der Waals surface area (Å²) in [6, 6.07) is 16.0. The van der Waals surface area contributed by atoms with Gasteiger partial charge in [0, 0.05) is 12.1 Å². The normalized spacial score (nSPS) is 10.7. The van der Waals surface area contributed by atoms with Crippen LogP contribution in [0.3, 0.4) is 0 Å². The van der Waals surface area contributed by atoms with E-state index in [4.69, 9.17) is 5.73 Å². The highest BCUT2D eigenvalue weighted by molar-refractivity contribution is 5.64. The lowest BCUT2D eigenvalue weighted by atomic mass is 10.1. The van der Waals surface area contributed by atoms with E-state index in [0.717, 1.165) is 5.69 Å². The van der Waals surface area contributed by atoms with E-state index >= 15 is 0 Å². The summed E-state index contributed by atoms with van der Waals surface area (Å²) < 4.78 is 15.7. The third-order valence-corrected chi connectivity index (χ3v) is 3.06. The van der Waals surface area contributed by atoms with E-state index in [1.807, 2.05) is 30.3 Å². The molecule has 0 bridgehead atoms. The minimum absolute atomic E-state index is 0.205. The summed E-state index contributed by atoms with van der Waals surface area (Å²) >= 11 is 0. The predicted octanol–water partition coefficient (Wildman–Crippen LogP) is 2.53. The smallest absolute Gasteiger partial charge is 0.132 e. The number of rotatable bonds is 3. The summed E-state index contributed by atoms with van der Waals surface area (Å²) in [6.45, 7) is 0.205. The van der Waals surface area contributed by atoms with Gasteiger partial charge in [-0.15, -0.1) is 5.10 Å². The number of nitrogens with two attached hydrogens (primary N) is 1. The number of para-hydroxylation sites is 1. The molecular weight excluding hydrogens is 255 g/mol. The fourth-order valence-corrected chi connectivity index (χ4v) is 2.12. The molecule has 0 saturated carbocycles. The highest BCUT2D eigenvalue weighted by Crippen LogP contribution is 2.27. The highest BCUT2D eigenvalue weighted by Gasteiger charge is 2.17. The largest absolute Gasteiger partial charge is 0.325 e. The lowest BCUT2D eigenvalue weighted by Gasteiger charge is -2.08. The molecule has 0 aliphatic carbocycles. The Kier molecular flexibility index (Phi) is 3.26. The van der Waals surface area contributed by atoms with Crippen LogP contribution in [0.2, 0.25) is 0 Å². The van der Waals surface area contributed by atoms with Gasteiger partial charge in [-0.05, 0) is 24.3 Å². The molecule has 0 unspecified atom stereocenters. The molecule has 1 heterocycles. The van der Waals surface area contributed by atoms with E-state index in [9.17, 15) is 4.39 Å². The minimum Gasteiger partial charge on any atom is -0.325 e. The molecule has 3 aromatic rings. The van der Waals surface area contributed by atoms with Crippen molar-refractivity contribution in [1.82, 2.24) is 15.0 Å². The molecule has 100 valence electrons. The molecule has 4 nitrogen and oxygen atoms in total. The number of hydrogen-bond donors (Lipinski definition) is 1. The zero-order chi connectivity index (χ0) is 13.9. The maximum Gasteiger partial charge on any atom is 0.132 e. The summed E-state index contributed by atoms with van der Waals surface area (Å²) in [7, 11) is 0. The SMILES string of the molecule is NCc1nnn(-c2ccccc2)c1-c1ccccc1F. The number of hydrogen-bond acceptors (Lipinski definition) is 3. The van der Waals surface area contributed by atoms with Gasteiger partial charge in [0.1, 0.15) is 17.2 Å². The van der Waals surface area contributed by atoms with Crippen molar-refractivity contribution in [1.29, 1.82) is 0 Å². The molecule has 0 atom stereocenters. The molecule has 0 spiro atoms. The van der Waals surface area contributed by atoms with Gasteiger partial charge >= 0.3 is 0 Å². The topological polar surface area (TPSA) is 56.7 Å². The zero-order valence-corrected chi connectivity index (χ0v) is 10.7. The van der Waals surface area contributed by atoms with E-state index < -0.39 is 0 Å². The van der Waals surface area contributed by atoms with Crippen LogP contribution < -0.4 is 5.73 Å². The molecule has 20 heavy (non-hydrogen) atoms. The first-order chi connectivity index (χ1) is 9.81. The van der Waals surface area contributed by atoms with Crippen LogP contribution in [0.5, 0.6) is 0 Å². The number of benzene rings is 2. The van der Waals surface area contributed by atoms with Crippen LogP contribution in [0.25, 0.3) is 16.9 Å². The zero-order valence-electron chi connectivity index (χ0n) is 10.7. The summed E-state index contributed by atoms with van der Waals surface area (Å²) in [5.41, 5.74) is 8.12. The minimum atomic E-state index is -0.318. The Labute approximate surface area is 115 Å². The molecule has 1 aromatic heterocycles. The van der Waals surface area contributed by atoms with E-state index in [1.165, 1.54) is 6.07 Å². The second-order valence-electron chi connectivity index (χ2n) is 4.32. The molecule has 0 aliphatic rings. The molecule has 0 fully saturated rings. The van der Waals surface area contributed by atoms with Gasteiger partial charge in [0.15, 0.2) is 0 Å². The fourth-order valence-electron chi connectivity index (χ4n) is 2.12. The van der Waals surface area contributed by atoms with Crippen molar-refractivity contribution in [3.05, 3.63) is 66.1 Å². The lowest BCUT2D eigenvalue weighted by Crippen LogP contribution is -2.03. The fraction of sp³-hybridized carbons (Fsp3) is 0.0667. The number of nitrogens with zero attached hydrogens (tertiary/aromatic N) is 3. The highest BCUT2D eigenvalue weighted by atomic mass is 19.1. The molecule has 2 aromatic carbocycles. The van der Waals surface area contributed by atoms with Crippen LogP contribution in [0.1, 0.15) is 5.69 Å². The second kappa shape index (κ2) is 5.22. The third kappa shape index (κ3) is 2.08. The molecule has 2 N–H and O–H groups in total. The Morgan fingerprint density at radius 2 is 1.70 bits per heavy atom. The summed E-state index contributed by atoms with van der Waals surface area (Å²) in [4.78, 5) is 0. The average Bonchev–Trinajstić information content (AvgIpc) is 2.92. The van der Waals surface area contributed by atoms with Gasteiger partial charge in [-0.25, -0.2) is 9.07 Å². The first kappa shape index (κ1) is 12.5. The monoisotopic (exact) mass is 268 g/mol. The van der Waals surface area contributed by atoms with Gasteiger partial charge in [-0.2, -0.15) is 0 Å². The molecular formula is C15H13FN4. The molecule has 3 rings (SSSR count). The van der Waals surface area contributed by atoms with Crippen molar-refractivity contribution < 1.29 is 4.39 Å². The van der Waals surface area contributed by atoms with Crippen molar-refractivity contribution in [2.24, 2.45) is 5.73 Å². The van der Waals surface area contributed by atoms with Crippen LogP contribution in [-0.2, 0) is 6.54 Å². The Morgan fingerprint density at radius 3 is 2.40 bits per heavy atom. The lowest BCUT2D eigenvalue weighted by molar-refractivity contribution is 0.629. The van der Waals surface area contributed by atoms with Gasteiger partial charge in [-0.3, -0.25) is 0 Å². The quantitative estimate of drug-likeness (QED) is 0.794. The van der Waals surface area contributed by atoms with Gasteiger partial charge < -0.3 is 5.73 Å². The van der Waals surface area contributed by atoms with Gasteiger partial charge in [0.05, 0.1) is 5.69 Å². The Morgan fingerprint density at radius 1 is 1.00 bits per heavy atom. The molecule has 0 aliphatic heterocycles. The van der Waals surface area contributed by atoms with E-state index in [-0.39, 0.29) is 12.4 Å². The molecule has 0 saturated heterocycles. The van der Waals surface area contributed by atoms with Crippen molar-refractivity contribution in [3.63, 3.8) is 0 Å². The Hall–Kier alpha value is -2.53. The van der Waals surface area contributed by atoms with Crippen molar-refractivity contribution in [2.75, 3.05) is 0 Å². The maximum absolute atomic E-state index is 14.1. The van der Waals surface area contributed by atoms with Crippen LogP contribution in [0.15, 0.2) is 54.6 Å².